The number of benzene rings is 6. The van der Waals surface area contributed by atoms with Crippen LogP contribution in [0.3, 0.4) is 0 Å². The fraction of sp³-hybridized carbons (Fsp3) is 0.200. The summed E-state index contributed by atoms with van der Waals surface area (Å²) in [6.45, 7) is 21.4. The fourth-order valence-corrected chi connectivity index (χ4v) is 7.94. The summed E-state index contributed by atoms with van der Waals surface area (Å²) in [5, 5.41) is 10.7. The molecule has 0 aliphatic heterocycles. The second kappa shape index (κ2) is 19.1. The zero-order valence-electron chi connectivity index (χ0n) is 33.5. The van der Waals surface area contributed by atoms with E-state index in [2.05, 4.69) is 196 Å². The summed E-state index contributed by atoms with van der Waals surface area (Å²) in [4.78, 5) is 0. The van der Waals surface area contributed by atoms with Crippen LogP contribution >= 0.6 is 24.8 Å². The molecule has 0 aliphatic carbocycles. The van der Waals surface area contributed by atoms with Gasteiger partial charge in [-0.2, -0.15) is 11.1 Å². The first-order chi connectivity index (χ1) is 23.9. The molecular weight excluding hydrogens is 791 g/mol. The number of hydrogen-bond donors (Lipinski definition) is 0. The molecule has 0 nitrogen and oxygen atoms in total. The monoisotopic (exact) mass is 842 g/mol. The SMILES string of the molecule is Cc1c(C(C)(C)C)[cH-]c2cccc(-c3cccc4ccccc34)c12.Cc1c(C(C)(C)C)[cH-]c2cccc(-c3cccc4ccccc34)c12.Cl.Cl.[CH3-].[CH3-].[Si]=[Zr]. The van der Waals surface area contributed by atoms with Crippen molar-refractivity contribution in [2.75, 3.05) is 0 Å². The van der Waals surface area contributed by atoms with Gasteiger partial charge in [-0.3, -0.25) is 0 Å². The Labute approximate surface area is 354 Å². The number of fused-ring (bicyclic) bond motifs is 4. The van der Waals surface area contributed by atoms with E-state index in [1.807, 2.05) is 0 Å². The van der Waals surface area contributed by atoms with Crippen molar-refractivity contribution < 1.29 is 23.3 Å². The van der Waals surface area contributed by atoms with Crippen molar-refractivity contribution in [1.82, 2.24) is 0 Å². The predicted molar refractivity (Wildman–Crippen MR) is 245 cm³/mol. The van der Waals surface area contributed by atoms with Crippen LogP contribution < -0.4 is 0 Å². The first-order valence-electron chi connectivity index (χ1n) is 17.5. The van der Waals surface area contributed by atoms with Crippen LogP contribution in [0.2, 0.25) is 0 Å². The molecule has 280 valence electrons. The second-order valence-corrected chi connectivity index (χ2v) is 15.5. The normalized spacial score (nSPS) is 10.9. The molecule has 0 bridgehead atoms. The van der Waals surface area contributed by atoms with Gasteiger partial charge >= 0.3 is 30.2 Å². The summed E-state index contributed by atoms with van der Waals surface area (Å²) in [6, 6.07) is 48.7. The molecule has 8 rings (SSSR count). The van der Waals surface area contributed by atoms with Crippen LogP contribution in [0.5, 0.6) is 0 Å². The molecule has 8 aromatic carbocycles. The zero-order valence-corrected chi connectivity index (χ0v) is 38.6. The summed E-state index contributed by atoms with van der Waals surface area (Å²) in [5.74, 6) is 0. The van der Waals surface area contributed by atoms with Crippen LogP contribution in [0.1, 0.15) is 63.8 Å². The zero-order chi connectivity index (χ0) is 35.8. The Balaban J connectivity index is 0.000000334. The van der Waals surface area contributed by atoms with E-state index >= 15 is 0 Å². The number of aryl methyl sites for hydroxylation is 2. The predicted octanol–water partition coefficient (Wildman–Crippen LogP) is 15.3. The summed E-state index contributed by atoms with van der Waals surface area (Å²) in [6.07, 6.45) is 0. The van der Waals surface area contributed by atoms with Crippen LogP contribution in [0, 0.1) is 28.7 Å². The number of halogens is 2. The molecule has 0 atom stereocenters. The van der Waals surface area contributed by atoms with Gasteiger partial charge in [-0.15, -0.1) is 93.9 Å². The molecule has 2 radical (unpaired) electrons. The number of hydrogen-bond acceptors (Lipinski definition) is 0. The van der Waals surface area contributed by atoms with Gasteiger partial charge in [0.15, 0.2) is 0 Å². The van der Waals surface area contributed by atoms with Crippen molar-refractivity contribution in [2.45, 2.75) is 66.2 Å². The first-order valence-corrected chi connectivity index (χ1v) is 21.7. The molecule has 54 heavy (non-hydrogen) atoms. The Morgan fingerprint density at radius 1 is 0.426 bits per heavy atom. The molecular formula is C50H54Cl2SiZr-4. The van der Waals surface area contributed by atoms with E-state index in [1.54, 1.807) is 0 Å². The van der Waals surface area contributed by atoms with Crippen molar-refractivity contribution in [1.29, 1.82) is 0 Å². The molecule has 0 amide bonds. The third-order valence-corrected chi connectivity index (χ3v) is 10.1. The van der Waals surface area contributed by atoms with E-state index in [4.69, 9.17) is 0 Å². The van der Waals surface area contributed by atoms with Crippen LogP contribution in [-0.2, 0) is 34.2 Å². The van der Waals surface area contributed by atoms with Gasteiger partial charge in [0.1, 0.15) is 0 Å². The number of rotatable bonds is 2. The summed E-state index contributed by atoms with van der Waals surface area (Å²) < 4.78 is 0. The summed E-state index contributed by atoms with van der Waals surface area (Å²) >= 11 is 1.36. The third kappa shape index (κ3) is 9.06. The van der Waals surface area contributed by atoms with Crippen molar-refractivity contribution in [3.8, 4) is 22.3 Å². The quantitative estimate of drug-likeness (QED) is 0.120. The van der Waals surface area contributed by atoms with Crippen molar-refractivity contribution >= 4 is 74.8 Å². The standard InChI is InChI=1S/2C24H23.2CH3.2ClH.Si.Zr/c2*1-16-22(24(2,3)4)15-18-11-8-14-21(23(16)18)20-13-7-10-17-9-5-6-12-19(17)20;;;;;;/h2*5-15H,1-4H3;2*1H3;2*1H;;/q4*-1;;;;. The summed E-state index contributed by atoms with van der Waals surface area (Å²) in [7, 11) is 0. The second-order valence-electron chi connectivity index (χ2n) is 15.5. The van der Waals surface area contributed by atoms with E-state index in [9.17, 15) is 0 Å². The Kier molecular flexibility index (Phi) is 16.6. The minimum absolute atomic E-state index is 0. The average molecular weight is 845 g/mol. The van der Waals surface area contributed by atoms with Crippen molar-refractivity contribution in [2.24, 2.45) is 0 Å². The maximum absolute atomic E-state index is 3.06. The molecule has 0 N–H and O–H groups in total. The molecule has 0 unspecified atom stereocenters. The van der Waals surface area contributed by atoms with Crippen LogP contribution in [-0.4, -0.2) is 6.88 Å². The van der Waals surface area contributed by atoms with E-state index < -0.39 is 0 Å². The Morgan fingerprint density at radius 2 is 0.722 bits per heavy atom. The Bertz CT molecular complexity index is 2280. The van der Waals surface area contributed by atoms with Crippen molar-refractivity contribution in [3.63, 3.8) is 0 Å². The van der Waals surface area contributed by atoms with Gasteiger partial charge in [-0.05, 0) is 43.5 Å². The fourth-order valence-electron chi connectivity index (χ4n) is 7.94. The van der Waals surface area contributed by atoms with E-state index in [1.165, 1.54) is 111 Å². The topological polar surface area (TPSA) is 0 Å². The summed E-state index contributed by atoms with van der Waals surface area (Å²) in [5.41, 5.74) is 11.4. The van der Waals surface area contributed by atoms with E-state index in [0.29, 0.717) is 0 Å². The third-order valence-electron chi connectivity index (χ3n) is 10.1. The molecule has 0 saturated heterocycles. The van der Waals surface area contributed by atoms with E-state index in [-0.39, 0.29) is 50.5 Å². The van der Waals surface area contributed by atoms with Gasteiger partial charge in [-0.25, -0.2) is 0 Å². The molecule has 0 saturated carbocycles. The molecule has 0 aromatic heterocycles. The molecule has 0 aliphatic rings. The van der Waals surface area contributed by atoms with Gasteiger partial charge in [0.25, 0.3) is 0 Å². The molecule has 0 heterocycles. The van der Waals surface area contributed by atoms with Crippen LogP contribution in [0.25, 0.3) is 65.3 Å². The van der Waals surface area contributed by atoms with Crippen LogP contribution in [0.4, 0.5) is 0 Å². The van der Waals surface area contributed by atoms with Crippen molar-refractivity contribution in [3.05, 3.63) is 171 Å². The van der Waals surface area contributed by atoms with Crippen LogP contribution in [0.15, 0.2) is 133 Å². The van der Waals surface area contributed by atoms with Gasteiger partial charge < -0.3 is 14.9 Å². The van der Waals surface area contributed by atoms with Gasteiger partial charge in [-0.1, -0.05) is 164 Å². The molecule has 4 heteroatoms. The average Bonchev–Trinajstić information content (AvgIpc) is 3.66. The Morgan fingerprint density at radius 3 is 1.07 bits per heavy atom. The minimum atomic E-state index is 0. The van der Waals surface area contributed by atoms with Gasteiger partial charge in [0.2, 0.25) is 0 Å². The molecule has 0 fully saturated rings. The molecule has 0 spiro atoms. The van der Waals surface area contributed by atoms with Gasteiger partial charge in [0.05, 0.1) is 0 Å². The Hall–Kier alpha value is -3.26. The first kappa shape index (κ1) is 46.9. The maximum atomic E-state index is 3.06. The van der Waals surface area contributed by atoms with E-state index in [0.717, 1.165) is 0 Å². The van der Waals surface area contributed by atoms with Gasteiger partial charge in [0, 0.05) is 0 Å². The molecule has 8 aromatic rings.